The topological polar surface area (TPSA) is 97.4 Å². The SMILES string of the molecule is O=C(O)c1cn(CCc2ccc([N+](=O)[O-])cc2)c2c1C(S)NCC2. The Morgan fingerprint density at radius 1 is 1.42 bits per heavy atom. The summed E-state index contributed by atoms with van der Waals surface area (Å²) in [5, 5.41) is 23.0. The standard InChI is InChI=1S/C16H17N3O4S/c20-16(21)12-9-18(13-5-7-17-15(24)14(12)13)8-6-10-1-3-11(4-2-10)19(22)23/h1-4,9,15,17,24H,5-8H2,(H,20,21). The number of rotatable bonds is 5. The molecule has 1 unspecified atom stereocenters. The van der Waals surface area contributed by atoms with Crippen LogP contribution in [0.1, 0.15) is 32.6 Å². The molecule has 1 atom stereocenters. The van der Waals surface area contributed by atoms with Gasteiger partial charge in [0, 0.05) is 49.1 Å². The van der Waals surface area contributed by atoms with E-state index in [1.807, 2.05) is 4.57 Å². The van der Waals surface area contributed by atoms with Gasteiger partial charge >= 0.3 is 5.97 Å². The highest BCUT2D eigenvalue weighted by molar-refractivity contribution is 7.80. The molecule has 1 aromatic carbocycles. The highest BCUT2D eigenvalue weighted by Crippen LogP contribution is 2.31. The molecule has 0 amide bonds. The second kappa shape index (κ2) is 6.66. The van der Waals surface area contributed by atoms with Crippen molar-refractivity contribution in [2.45, 2.75) is 24.8 Å². The van der Waals surface area contributed by atoms with E-state index < -0.39 is 10.9 Å². The van der Waals surface area contributed by atoms with Gasteiger partial charge in [-0.1, -0.05) is 12.1 Å². The first-order valence-electron chi connectivity index (χ1n) is 7.57. The van der Waals surface area contributed by atoms with E-state index >= 15 is 0 Å². The third kappa shape index (κ3) is 3.15. The number of carboxylic acid groups (broad SMARTS) is 1. The van der Waals surface area contributed by atoms with Crippen molar-refractivity contribution in [3.8, 4) is 0 Å². The van der Waals surface area contributed by atoms with Crippen molar-refractivity contribution in [2.75, 3.05) is 6.54 Å². The number of nitro benzene ring substituents is 1. The summed E-state index contributed by atoms with van der Waals surface area (Å²) in [6.45, 7) is 1.37. The van der Waals surface area contributed by atoms with Crippen LogP contribution in [-0.2, 0) is 19.4 Å². The van der Waals surface area contributed by atoms with E-state index in [0.717, 1.165) is 29.8 Å². The molecular formula is C16H17N3O4S. The monoisotopic (exact) mass is 347 g/mol. The molecule has 0 saturated heterocycles. The first kappa shape index (κ1) is 16.5. The number of nitro groups is 1. The molecule has 2 N–H and O–H groups in total. The zero-order chi connectivity index (χ0) is 17.3. The molecule has 0 fully saturated rings. The molecule has 8 heteroatoms. The fourth-order valence-electron chi connectivity index (χ4n) is 3.03. The van der Waals surface area contributed by atoms with E-state index in [2.05, 4.69) is 17.9 Å². The highest BCUT2D eigenvalue weighted by Gasteiger charge is 2.27. The second-order valence-electron chi connectivity index (χ2n) is 5.68. The van der Waals surface area contributed by atoms with Gasteiger partial charge in [0.1, 0.15) is 0 Å². The quantitative estimate of drug-likeness (QED) is 0.438. The van der Waals surface area contributed by atoms with Gasteiger partial charge < -0.3 is 15.0 Å². The number of aryl methyl sites for hydroxylation is 2. The molecule has 1 aromatic heterocycles. The molecule has 0 saturated carbocycles. The Hall–Kier alpha value is -2.32. The van der Waals surface area contributed by atoms with Crippen LogP contribution in [0.15, 0.2) is 30.5 Å². The van der Waals surface area contributed by atoms with Gasteiger partial charge in [-0.3, -0.25) is 10.1 Å². The van der Waals surface area contributed by atoms with Crippen LogP contribution in [0.5, 0.6) is 0 Å². The normalized spacial score (nSPS) is 16.6. The van der Waals surface area contributed by atoms with Gasteiger partial charge in [-0.2, -0.15) is 12.6 Å². The van der Waals surface area contributed by atoms with Crippen LogP contribution >= 0.6 is 12.6 Å². The number of non-ortho nitro benzene ring substituents is 1. The number of nitrogens with one attached hydrogen (secondary N) is 1. The van der Waals surface area contributed by atoms with Crippen molar-refractivity contribution in [3.05, 3.63) is 63.0 Å². The fourth-order valence-corrected chi connectivity index (χ4v) is 3.45. The van der Waals surface area contributed by atoms with E-state index in [1.54, 1.807) is 18.3 Å². The minimum absolute atomic E-state index is 0.0641. The second-order valence-corrected chi connectivity index (χ2v) is 6.20. The zero-order valence-electron chi connectivity index (χ0n) is 12.8. The highest BCUT2D eigenvalue weighted by atomic mass is 32.1. The maximum atomic E-state index is 11.5. The Labute approximate surface area is 143 Å². The number of fused-ring (bicyclic) bond motifs is 1. The summed E-state index contributed by atoms with van der Waals surface area (Å²) in [7, 11) is 0. The third-order valence-corrected chi connectivity index (χ3v) is 4.67. The first-order chi connectivity index (χ1) is 11.5. The Kier molecular flexibility index (Phi) is 4.59. The average Bonchev–Trinajstić information content (AvgIpc) is 2.94. The molecule has 1 aliphatic heterocycles. The van der Waals surface area contributed by atoms with E-state index in [1.165, 1.54) is 12.1 Å². The Balaban J connectivity index is 1.81. The molecule has 7 nitrogen and oxygen atoms in total. The van der Waals surface area contributed by atoms with Crippen molar-refractivity contribution >= 4 is 24.3 Å². The summed E-state index contributed by atoms with van der Waals surface area (Å²) in [6, 6.07) is 6.43. The summed E-state index contributed by atoms with van der Waals surface area (Å²) < 4.78 is 1.96. The lowest BCUT2D eigenvalue weighted by Gasteiger charge is -2.22. The number of aromatic carboxylic acids is 1. The van der Waals surface area contributed by atoms with Crippen LogP contribution < -0.4 is 5.32 Å². The average molecular weight is 347 g/mol. The van der Waals surface area contributed by atoms with Crippen molar-refractivity contribution < 1.29 is 14.8 Å². The van der Waals surface area contributed by atoms with Crippen molar-refractivity contribution in [1.82, 2.24) is 9.88 Å². The van der Waals surface area contributed by atoms with Crippen LogP contribution in [0.3, 0.4) is 0 Å². The number of thiol groups is 1. The van der Waals surface area contributed by atoms with Gasteiger partial charge in [-0.05, 0) is 12.0 Å². The van der Waals surface area contributed by atoms with Crippen molar-refractivity contribution in [1.29, 1.82) is 0 Å². The van der Waals surface area contributed by atoms with Crippen LogP contribution in [0, 0.1) is 10.1 Å². The molecule has 0 bridgehead atoms. The Morgan fingerprint density at radius 3 is 2.75 bits per heavy atom. The number of carbonyl (C=O) groups is 1. The molecular weight excluding hydrogens is 330 g/mol. The minimum Gasteiger partial charge on any atom is -0.478 e. The molecule has 2 heterocycles. The van der Waals surface area contributed by atoms with E-state index in [0.29, 0.717) is 13.0 Å². The summed E-state index contributed by atoms with van der Waals surface area (Å²) in [6.07, 6.45) is 3.08. The molecule has 0 aliphatic carbocycles. The minimum atomic E-state index is -0.955. The lowest BCUT2D eigenvalue weighted by molar-refractivity contribution is -0.384. The van der Waals surface area contributed by atoms with Crippen molar-refractivity contribution in [3.63, 3.8) is 0 Å². The first-order valence-corrected chi connectivity index (χ1v) is 8.09. The summed E-state index contributed by atoms with van der Waals surface area (Å²) in [4.78, 5) is 21.7. The predicted octanol–water partition coefficient (Wildman–Crippen LogP) is 2.41. The molecule has 3 rings (SSSR count). The Bertz CT molecular complexity index is 785. The number of benzene rings is 1. The van der Waals surface area contributed by atoms with E-state index in [4.69, 9.17) is 0 Å². The summed E-state index contributed by atoms with van der Waals surface area (Å²) >= 11 is 4.43. The lowest BCUT2D eigenvalue weighted by atomic mass is 10.1. The predicted molar refractivity (Wildman–Crippen MR) is 91.6 cm³/mol. The molecule has 0 spiro atoms. The molecule has 0 radical (unpaired) electrons. The third-order valence-electron chi connectivity index (χ3n) is 4.22. The van der Waals surface area contributed by atoms with Crippen LogP contribution in [0.2, 0.25) is 0 Å². The largest absolute Gasteiger partial charge is 0.478 e. The number of hydrogen-bond acceptors (Lipinski definition) is 5. The Morgan fingerprint density at radius 2 is 2.12 bits per heavy atom. The van der Waals surface area contributed by atoms with Crippen LogP contribution in [0.25, 0.3) is 0 Å². The van der Waals surface area contributed by atoms with E-state index in [9.17, 15) is 20.0 Å². The number of hydrogen-bond donors (Lipinski definition) is 3. The summed E-state index contributed by atoms with van der Waals surface area (Å²) in [5.74, 6) is -0.955. The summed E-state index contributed by atoms with van der Waals surface area (Å²) in [5.41, 5.74) is 3.04. The van der Waals surface area contributed by atoms with Crippen molar-refractivity contribution in [2.24, 2.45) is 0 Å². The molecule has 126 valence electrons. The van der Waals surface area contributed by atoms with Gasteiger partial charge in [0.05, 0.1) is 15.9 Å². The molecule has 24 heavy (non-hydrogen) atoms. The zero-order valence-corrected chi connectivity index (χ0v) is 13.7. The van der Waals surface area contributed by atoms with Gasteiger partial charge in [-0.25, -0.2) is 4.79 Å². The maximum Gasteiger partial charge on any atom is 0.337 e. The number of carboxylic acids is 1. The van der Waals surface area contributed by atoms with Gasteiger partial charge in [0.2, 0.25) is 0 Å². The van der Waals surface area contributed by atoms with Crippen LogP contribution in [0.4, 0.5) is 5.69 Å². The number of nitrogens with zero attached hydrogens (tertiary/aromatic N) is 2. The van der Waals surface area contributed by atoms with Gasteiger partial charge in [-0.15, -0.1) is 0 Å². The van der Waals surface area contributed by atoms with Gasteiger partial charge in [0.15, 0.2) is 0 Å². The lowest BCUT2D eigenvalue weighted by Crippen LogP contribution is -2.28. The van der Waals surface area contributed by atoms with Crippen LogP contribution in [-0.4, -0.2) is 27.1 Å². The van der Waals surface area contributed by atoms with Gasteiger partial charge in [0.25, 0.3) is 5.69 Å². The smallest absolute Gasteiger partial charge is 0.337 e. The van der Waals surface area contributed by atoms with E-state index in [-0.39, 0.29) is 16.6 Å². The number of aromatic nitrogens is 1. The molecule has 1 aliphatic rings. The molecule has 2 aromatic rings. The fraction of sp³-hybridized carbons (Fsp3) is 0.312. The maximum absolute atomic E-state index is 11.5.